The molecule has 0 spiro atoms. The first kappa shape index (κ1) is 6.51. The van der Waals surface area contributed by atoms with Gasteiger partial charge < -0.3 is 10.4 Å². The number of carbonyl (C=O) groups excluding carboxylic acids is 1. The van der Waals surface area contributed by atoms with E-state index in [1.54, 1.807) is 0 Å². The summed E-state index contributed by atoms with van der Waals surface area (Å²) in [5.41, 5.74) is 0. The topological polar surface area (TPSA) is 61.4 Å². The zero-order chi connectivity index (χ0) is 6.69. The molecule has 9 heavy (non-hydrogen) atoms. The fourth-order valence-electron chi connectivity index (χ4n) is 0.791. The van der Waals surface area contributed by atoms with Crippen LogP contribution >= 0.6 is 0 Å². The van der Waals surface area contributed by atoms with Gasteiger partial charge in [0.15, 0.2) is 0 Å². The molecule has 1 unspecified atom stereocenters. The maximum absolute atomic E-state index is 10.6. The number of hydrogen-bond donors (Lipinski definition) is 3. The summed E-state index contributed by atoms with van der Waals surface area (Å²) in [5, 5.41) is 14.1. The smallest absolute Gasteiger partial charge is 0.222 e. The van der Waals surface area contributed by atoms with Crippen molar-refractivity contribution in [3.05, 3.63) is 0 Å². The van der Waals surface area contributed by atoms with E-state index < -0.39 is 0 Å². The van der Waals surface area contributed by atoms with Gasteiger partial charge in [-0.25, -0.2) is 0 Å². The largest absolute Gasteiger partial charge is 0.395 e. The van der Waals surface area contributed by atoms with Gasteiger partial charge in [0.1, 0.15) is 0 Å². The van der Waals surface area contributed by atoms with Crippen molar-refractivity contribution in [1.82, 2.24) is 10.6 Å². The number of aliphatic hydroxyl groups is 1. The van der Waals surface area contributed by atoms with Crippen molar-refractivity contribution in [1.29, 1.82) is 0 Å². The van der Waals surface area contributed by atoms with E-state index >= 15 is 0 Å². The van der Waals surface area contributed by atoms with Crippen LogP contribution in [-0.2, 0) is 4.79 Å². The van der Waals surface area contributed by atoms with Crippen LogP contribution in [0.15, 0.2) is 0 Å². The molecular weight excluding hydrogens is 120 g/mol. The Kier molecular flexibility index (Phi) is 2.02. The highest BCUT2D eigenvalue weighted by Gasteiger charge is 2.16. The number of hydrogen-bond acceptors (Lipinski definition) is 3. The van der Waals surface area contributed by atoms with Crippen molar-refractivity contribution in [2.24, 2.45) is 0 Å². The summed E-state index contributed by atoms with van der Waals surface area (Å²) in [6.07, 6.45) is 0.385. The fraction of sp³-hybridized carbons (Fsp3) is 0.800. The van der Waals surface area contributed by atoms with Gasteiger partial charge in [-0.15, -0.1) is 0 Å². The highest BCUT2D eigenvalue weighted by atomic mass is 16.3. The molecule has 0 saturated carbocycles. The molecule has 0 aromatic carbocycles. The molecule has 4 nitrogen and oxygen atoms in total. The molecule has 52 valence electrons. The van der Waals surface area contributed by atoms with Crippen molar-refractivity contribution >= 4 is 5.91 Å². The lowest BCUT2D eigenvalue weighted by Gasteiger charge is -2.21. The zero-order valence-electron chi connectivity index (χ0n) is 5.05. The third-order valence-corrected chi connectivity index (χ3v) is 1.33. The Morgan fingerprint density at radius 3 is 3.00 bits per heavy atom. The fourth-order valence-corrected chi connectivity index (χ4v) is 0.791. The van der Waals surface area contributed by atoms with Crippen LogP contribution in [-0.4, -0.2) is 30.3 Å². The Bertz CT molecular complexity index is 116. The van der Waals surface area contributed by atoms with Crippen LogP contribution < -0.4 is 10.6 Å². The Morgan fingerprint density at radius 2 is 2.56 bits per heavy atom. The maximum Gasteiger partial charge on any atom is 0.222 e. The second-order valence-corrected chi connectivity index (χ2v) is 2.06. The van der Waals surface area contributed by atoms with Gasteiger partial charge in [0, 0.05) is 12.5 Å². The van der Waals surface area contributed by atoms with Gasteiger partial charge in [-0.05, 0) is 0 Å². The first-order valence-corrected chi connectivity index (χ1v) is 2.94. The number of carbonyl (C=O) groups is 1. The second-order valence-electron chi connectivity index (χ2n) is 2.06. The summed E-state index contributed by atoms with van der Waals surface area (Å²) in [6.45, 7) is 0.511. The van der Waals surface area contributed by atoms with E-state index in [1.165, 1.54) is 0 Å². The summed E-state index contributed by atoms with van der Waals surface area (Å²) in [4.78, 5) is 10.6. The minimum atomic E-state index is -0.0428. The van der Waals surface area contributed by atoms with Gasteiger partial charge in [0.05, 0.1) is 13.3 Å². The Hall–Kier alpha value is -0.610. The van der Waals surface area contributed by atoms with Gasteiger partial charge in [0.2, 0.25) is 5.91 Å². The molecule has 1 atom stereocenters. The van der Waals surface area contributed by atoms with Gasteiger partial charge in [-0.1, -0.05) is 0 Å². The maximum atomic E-state index is 10.6. The summed E-state index contributed by atoms with van der Waals surface area (Å²) in [7, 11) is 0. The minimum Gasteiger partial charge on any atom is -0.395 e. The third-order valence-electron chi connectivity index (χ3n) is 1.33. The molecule has 0 aromatic heterocycles. The molecule has 0 radical (unpaired) electrons. The lowest BCUT2D eigenvalue weighted by molar-refractivity contribution is -0.123. The number of amides is 1. The van der Waals surface area contributed by atoms with Crippen LogP contribution in [0.1, 0.15) is 6.42 Å². The summed E-state index contributed by atoms with van der Waals surface area (Å²) in [5.74, 6) is 0.00722. The molecule has 1 amide bonds. The van der Waals surface area contributed by atoms with Gasteiger partial charge in [-0.2, -0.15) is 0 Å². The van der Waals surface area contributed by atoms with Crippen LogP contribution in [0.2, 0.25) is 0 Å². The van der Waals surface area contributed by atoms with Crippen LogP contribution in [0, 0.1) is 0 Å². The molecule has 4 heteroatoms. The second kappa shape index (κ2) is 2.80. The summed E-state index contributed by atoms with van der Waals surface area (Å²) < 4.78 is 0. The molecule has 0 bridgehead atoms. The first-order valence-electron chi connectivity index (χ1n) is 2.94. The molecular formula is C5H10N2O2. The van der Waals surface area contributed by atoms with Crippen molar-refractivity contribution in [2.45, 2.75) is 12.5 Å². The molecule has 3 N–H and O–H groups in total. The molecule has 1 fully saturated rings. The van der Waals surface area contributed by atoms with E-state index in [0.29, 0.717) is 13.1 Å². The Morgan fingerprint density at radius 1 is 1.78 bits per heavy atom. The molecule has 1 heterocycles. The van der Waals surface area contributed by atoms with Crippen LogP contribution in [0.5, 0.6) is 0 Å². The van der Waals surface area contributed by atoms with Crippen LogP contribution in [0.3, 0.4) is 0 Å². The highest BCUT2D eigenvalue weighted by molar-refractivity contribution is 5.77. The Balaban J connectivity index is 2.32. The van der Waals surface area contributed by atoms with Crippen molar-refractivity contribution in [3.8, 4) is 0 Å². The van der Waals surface area contributed by atoms with E-state index in [4.69, 9.17) is 5.11 Å². The average molecular weight is 130 g/mol. The van der Waals surface area contributed by atoms with Crippen LogP contribution in [0.4, 0.5) is 0 Å². The molecule has 1 rings (SSSR count). The van der Waals surface area contributed by atoms with Gasteiger partial charge in [-0.3, -0.25) is 10.1 Å². The van der Waals surface area contributed by atoms with Gasteiger partial charge in [0.25, 0.3) is 0 Å². The molecule has 1 aliphatic rings. The average Bonchev–Trinajstić information content (AvgIpc) is 1.88. The quantitative estimate of drug-likeness (QED) is 0.401. The van der Waals surface area contributed by atoms with E-state index in [0.717, 1.165) is 0 Å². The number of rotatable bonds is 1. The van der Waals surface area contributed by atoms with Crippen molar-refractivity contribution in [3.63, 3.8) is 0 Å². The predicted octanol–water partition coefficient (Wildman–Crippen LogP) is -1.59. The lowest BCUT2D eigenvalue weighted by atomic mass is 10.2. The van der Waals surface area contributed by atoms with Crippen LogP contribution in [0.25, 0.3) is 0 Å². The van der Waals surface area contributed by atoms with E-state index in [9.17, 15) is 4.79 Å². The number of aliphatic hydroxyl groups excluding tert-OH is 1. The molecule has 0 aliphatic carbocycles. The molecule has 0 aromatic rings. The monoisotopic (exact) mass is 130 g/mol. The standard InChI is InChI=1S/C5H10N2O2/c8-2-4-1-5(9)7-3-6-4/h4,6,8H,1-3H2,(H,7,9). The lowest BCUT2D eigenvalue weighted by Crippen LogP contribution is -2.49. The number of nitrogens with one attached hydrogen (secondary N) is 2. The normalized spacial score (nSPS) is 27.7. The molecule has 1 aliphatic heterocycles. The van der Waals surface area contributed by atoms with Crippen molar-refractivity contribution < 1.29 is 9.90 Å². The van der Waals surface area contributed by atoms with E-state index in [-0.39, 0.29) is 18.6 Å². The predicted molar refractivity (Wildman–Crippen MR) is 31.6 cm³/mol. The SMILES string of the molecule is O=C1CC(CO)NCN1. The third kappa shape index (κ3) is 1.65. The minimum absolute atomic E-state index is 0.00722. The summed E-state index contributed by atoms with van der Waals surface area (Å²) in [6, 6.07) is -0.0428. The van der Waals surface area contributed by atoms with Crippen molar-refractivity contribution in [2.75, 3.05) is 13.3 Å². The van der Waals surface area contributed by atoms with E-state index in [1.807, 2.05) is 0 Å². The first-order chi connectivity index (χ1) is 4.33. The highest BCUT2D eigenvalue weighted by Crippen LogP contribution is 1.93. The summed E-state index contributed by atoms with van der Waals surface area (Å²) >= 11 is 0. The molecule has 1 saturated heterocycles. The van der Waals surface area contributed by atoms with Gasteiger partial charge >= 0.3 is 0 Å². The van der Waals surface area contributed by atoms with E-state index in [2.05, 4.69) is 10.6 Å². The zero-order valence-corrected chi connectivity index (χ0v) is 5.05. The Labute approximate surface area is 53.2 Å².